The molecule has 0 amide bonds. The monoisotopic (exact) mass is 274 g/mol. The lowest BCUT2D eigenvalue weighted by Crippen LogP contribution is -2.12. The first-order valence-corrected chi connectivity index (χ1v) is 5.60. The predicted molar refractivity (Wildman–Crippen MR) is 60.9 cm³/mol. The van der Waals surface area contributed by atoms with Gasteiger partial charge in [0.1, 0.15) is 6.61 Å². The highest BCUT2D eigenvalue weighted by Gasteiger charge is 2.15. The van der Waals surface area contributed by atoms with Crippen molar-refractivity contribution in [2.24, 2.45) is 7.05 Å². The lowest BCUT2D eigenvalue weighted by atomic mass is 10.2. The molecule has 0 aliphatic heterocycles. The summed E-state index contributed by atoms with van der Waals surface area (Å²) < 4.78 is 7.48. The van der Waals surface area contributed by atoms with Gasteiger partial charge in [-0.15, -0.1) is 0 Å². The Balaban J connectivity index is 2.85. The predicted octanol–water partition coefficient (Wildman–Crippen LogP) is 1.50. The molecule has 84 valence electrons. The van der Waals surface area contributed by atoms with Crippen LogP contribution in [0.4, 0.5) is 0 Å². The van der Waals surface area contributed by atoms with E-state index < -0.39 is 0 Å². The highest BCUT2D eigenvalue weighted by atomic mass is 79.9. The summed E-state index contributed by atoms with van der Waals surface area (Å²) in [6.07, 6.45) is 1.21. The molecule has 0 unspecified atom stereocenters. The average Bonchev–Trinajstić information content (AvgIpc) is 2.45. The van der Waals surface area contributed by atoms with Crippen molar-refractivity contribution in [2.75, 3.05) is 13.7 Å². The minimum absolute atomic E-state index is 0.0591. The van der Waals surface area contributed by atoms with E-state index in [4.69, 9.17) is 4.74 Å². The number of hydrogen-bond acceptors (Lipinski definition) is 3. The van der Waals surface area contributed by atoms with Crippen molar-refractivity contribution in [3.05, 3.63) is 15.9 Å². The lowest BCUT2D eigenvalue weighted by Gasteiger charge is -2.01. The third kappa shape index (κ3) is 2.89. The van der Waals surface area contributed by atoms with Gasteiger partial charge in [-0.25, -0.2) is 0 Å². The van der Waals surface area contributed by atoms with Gasteiger partial charge < -0.3 is 4.74 Å². The Morgan fingerprint density at radius 1 is 1.60 bits per heavy atom. The maximum absolute atomic E-state index is 11.4. The second kappa shape index (κ2) is 5.42. The van der Waals surface area contributed by atoms with Crippen molar-refractivity contribution in [3.63, 3.8) is 0 Å². The summed E-state index contributed by atoms with van der Waals surface area (Å²) >= 11 is 3.47. The molecule has 0 aliphatic rings. The summed E-state index contributed by atoms with van der Waals surface area (Å²) in [5, 5.41) is 4.32. The molecule has 15 heavy (non-hydrogen) atoms. The fourth-order valence-electron chi connectivity index (χ4n) is 1.41. The summed E-state index contributed by atoms with van der Waals surface area (Å²) in [7, 11) is 3.37. The van der Waals surface area contributed by atoms with E-state index in [0.717, 1.165) is 22.3 Å². The van der Waals surface area contributed by atoms with Crippen molar-refractivity contribution in [1.29, 1.82) is 0 Å². The van der Waals surface area contributed by atoms with Crippen LogP contribution in [0.15, 0.2) is 4.47 Å². The zero-order valence-electron chi connectivity index (χ0n) is 9.21. The zero-order chi connectivity index (χ0) is 11.4. The Bertz CT molecular complexity index is 361. The number of halogens is 1. The molecular weight excluding hydrogens is 260 g/mol. The Kier molecular flexibility index (Phi) is 4.47. The molecule has 0 saturated heterocycles. The van der Waals surface area contributed by atoms with Crippen LogP contribution in [0, 0.1) is 0 Å². The summed E-state index contributed by atoms with van der Waals surface area (Å²) in [6, 6.07) is 0. The largest absolute Gasteiger partial charge is 0.377 e. The van der Waals surface area contributed by atoms with Crippen LogP contribution in [0.2, 0.25) is 0 Å². The summed E-state index contributed by atoms with van der Waals surface area (Å²) in [5.74, 6) is 0.0591. The number of methoxy groups -OCH3 is 1. The SMILES string of the molecule is CCc1nn(C)c(CC(=O)COC)c1Br. The number of carbonyl (C=O) groups excluding carboxylic acids is 1. The first-order chi connectivity index (χ1) is 7.10. The molecule has 0 bridgehead atoms. The molecule has 0 saturated carbocycles. The van der Waals surface area contributed by atoms with Gasteiger partial charge in [0.2, 0.25) is 0 Å². The second-order valence-corrected chi connectivity index (χ2v) is 4.13. The maximum Gasteiger partial charge on any atom is 0.164 e. The first kappa shape index (κ1) is 12.4. The minimum atomic E-state index is 0.0591. The van der Waals surface area contributed by atoms with Gasteiger partial charge in [0.05, 0.1) is 22.3 Å². The lowest BCUT2D eigenvalue weighted by molar-refractivity contribution is -0.122. The van der Waals surface area contributed by atoms with Crippen molar-refractivity contribution in [1.82, 2.24) is 9.78 Å². The third-order valence-corrected chi connectivity index (χ3v) is 3.09. The molecule has 4 nitrogen and oxygen atoms in total. The average molecular weight is 275 g/mol. The van der Waals surface area contributed by atoms with Crippen LogP contribution in [-0.2, 0) is 29.4 Å². The van der Waals surface area contributed by atoms with Crippen molar-refractivity contribution < 1.29 is 9.53 Å². The first-order valence-electron chi connectivity index (χ1n) is 4.81. The topological polar surface area (TPSA) is 44.1 Å². The molecule has 0 fully saturated rings. The molecule has 0 radical (unpaired) electrons. The molecule has 1 rings (SSSR count). The Morgan fingerprint density at radius 2 is 2.27 bits per heavy atom. The summed E-state index contributed by atoms with van der Waals surface area (Å²) in [6.45, 7) is 2.19. The maximum atomic E-state index is 11.4. The van der Waals surface area contributed by atoms with Gasteiger partial charge in [0.15, 0.2) is 5.78 Å². The number of ketones is 1. The highest BCUT2D eigenvalue weighted by molar-refractivity contribution is 9.10. The van der Waals surface area contributed by atoms with Crippen molar-refractivity contribution >= 4 is 21.7 Å². The smallest absolute Gasteiger partial charge is 0.164 e. The molecule has 0 aromatic carbocycles. The Labute approximate surface area is 97.7 Å². The van der Waals surface area contributed by atoms with E-state index >= 15 is 0 Å². The fourth-order valence-corrected chi connectivity index (χ4v) is 2.17. The number of rotatable bonds is 5. The van der Waals surface area contributed by atoms with Gasteiger partial charge in [-0.3, -0.25) is 9.48 Å². The molecule has 0 N–H and O–H groups in total. The fraction of sp³-hybridized carbons (Fsp3) is 0.600. The van der Waals surface area contributed by atoms with Crippen LogP contribution >= 0.6 is 15.9 Å². The normalized spacial score (nSPS) is 10.7. The Hall–Kier alpha value is -0.680. The number of nitrogens with zero attached hydrogens (tertiary/aromatic N) is 2. The van der Waals surface area contributed by atoms with E-state index in [-0.39, 0.29) is 12.4 Å². The number of Topliss-reactive ketones (excluding diaryl/α,β-unsaturated/α-hetero) is 1. The number of carbonyl (C=O) groups is 1. The van der Waals surface area contributed by atoms with Crippen LogP contribution in [0.25, 0.3) is 0 Å². The Morgan fingerprint density at radius 3 is 2.73 bits per heavy atom. The van der Waals surface area contributed by atoms with Crippen LogP contribution in [0.5, 0.6) is 0 Å². The molecular formula is C10H15BrN2O2. The van der Waals surface area contributed by atoms with E-state index in [1.807, 2.05) is 14.0 Å². The highest BCUT2D eigenvalue weighted by Crippen LogP contribution is 2.21. The quantitative estimate of drug-likeness (QED) is 0.818. The van der Waals surface area contributed by atoms with Gasteiger partial charge in [-0.1, -0.05) is 6.92 Å². The number of ether oxygens (including phenoxy) is 1. The van der Waals surface area contributed by atoms with Gasteiger partial charge in [-0.2, -0.15) is 5.10 Å². The number of hydrogen-bond donors (Lipinski definition) is 0. The molecule has 5 heteroatoms. The molecule has 0 atom stereocenters. The van der Waals surface area contributed by atoms with Gasteiger partial charge >= 0.3 is 0 Å². The van der Waals surface area contributed by atoms with Crippen LogP contribution in [-0.4, -0.2) is 29.3 Å². The van der Waals surface area contributed by atoms with Gasteiger partial charge in [0, 0.05) is 14.2 Å². The molecule has 0 aliphatic carbocycles. The van der Waals surface area contributed by atoms with E-state index in [1.54, 1.807) is 4.68 Å². The standard InChI is InChI=1S/C10H15BrN2O2/c1-4-8-10(11)9(13(2)12-8)5-7(14)6-15-3/h4-6H2,1-3H3. The number of aryl methyl sites for hydroxylation is 2. The van der Waals surface area contributed by atoms with Crippen molar-refractivity contribution in [3.8, 4) is 0 Å². The van der Waals surface area contributed by atoms with Gasteiger partial charge in [-0.05, 0) is 22.4 Å². The van der Waals surface area contributed by atoms with Crippen molar-refractivity contribution in [2.45, 2.75) is 19.8 Å². The van der Waals surface area contributed by atoms with E-state index in [2.05, 4.69) is 21.0 Å². The second-order valence-electron chi connectivity index (χ2n) is 3.33. The summed E-state index contributed by atoms with van der Waals surface area (Å²) in [4.78, 5) is 11.4. The number of aromatic nitrogens is 2. The van der Waals surface area contributed by atoms with E-state index in [9.17, 15) is 4.79 Å². The zero-order valence-corrected chi connectivity index (χ0v) is 10.8. The van der Waals surface area contributed by atoms with Crippen LogP contribution < -0.4 is 0 Å². The molecule has 0 spiro atoms. The minimum Gasteiger partial charge on any atom is -0.377 e. The summed E-state index contributed by atoms with van der Waals surface area (Å²) in [5.41, 5.74) is 1.90. The van der Waals surface area contributed by atoms with E-state index in [1.165, 1.54) is 7.11 Å². The van der Waals surface area contributed by atoms with Gasteiger partial charge in [0.25, 0.3) is 0 Å². The van der Waals surface area contributed by atoms with Crippen LogP contribution in [0.3, 0.4) is 0 Å². The van der Waals surface area contributed by atoms with Crippen LogP contribution in [0.1, 0.15) is 18.3 Å². The molecule has 1 aromatic rings. The molecule has 1 aromatic heterocycles. The third-order valence-electron chi connectivity index (χ3n) is 2.17. The molecule has 1 heterocycles. The van der Waals surface area contributed by atoms with E-state index in [0.29, 0.717) is 6.42 Å².